The molecule has 0 unspecified atom stereocenters. The van der Waals surface area contributed by atoms with Crippen LogP contribution in [0.2, 0.25) is 0 Å². The molecule has 0 atom stereocenters. The summed E-state index contributed by atoms with van der Waals surface area (Å²) in [6.07, 6.45) is 20.9. The highest BCUT2D eigenvalue weighted by atomic mass is 15.1. The number of nitrogens with one attached hydrogen (secondary N) is 1. The lowest BCUT2D eigenvalue weighted by Crippen LogP contribution is -2.30. The molecule has 3 N–H and O–H groups in total. The van der Waals surface area contributed by atoms with Crippen LogP contribution in [-0.4, -0.2) is 44.2 Å². The zero-order chi connectivity index (χ0) is 16.4. The van der Waals surface area contributed by atoms with Crippen LogP contribution in [0.4, 0.5) is 0 Å². The Bertz CT molecular complexity index is 266. The smallest absolute Gasteiger partial charge is 0.000664 e. The monoisotopic (exact) mass is 323 g/mol. The van der Waals surface area contributed by atoms with Crippen LogP contribution in [0.3, 0.4) is 0 Å². The van der Waals surface area contributed by atoms with Crippen LogP contribution >= 0.6 is 0 Å². The summed E-state index contributed by atoms with van der Waals surface area (Å²) in [6, 6.07) is 0. The van der Waals surface area contributed by atoms with Gasteiger partial charge in [-0.2, -0.15) is 0 Å². The van der Waals surface area contributed by atoms with E-state index in [1.54, 1.807) is 0 Å². The van der Waals surface area contributed by atoms with Crippen molar-refractivity contribution < 1.29 is 0 Å². The van der Waals surface area contributed by atoms with Crippen molar-refractivity contribution in [3.05, 3.63) is 12.2 Å². The van der Waals surface area contributed by atoms with E-state index in [1.807, 2.05) is 0 Å². The molecule has 0 saturated carbocycles. The van der Waals surface area contributed by atoms with E-state index in [0.717, 1.165) is 26.1 Å². The highest BCUT2D eigenvalue weighted by Gasteiger charge is 2.04. The first-order valence-electron chi connectivity index (χ1n) is 10.2. The van der Waals surface area contributed by atoms with Crippen molar-refractivity contribution in [1.82, 2.24) is 10.2 Å². The van der Waals surface area contributed by atoms with Crippen LogP contribution in [0.15, 0.2) is 12.2 Å². The molecular formula is C20H41N3. The van der Waals surface area contributed by atoms with E-state index in [9.17, 15) is 0 Å². The summed E-state index contributed by atoms with van der Waals surface area (Å²) < 4.78 is 0. The zero-order valence-corrected chi connectivity index (χ0v) is 15.4. The van der Waals surface area contributed by atoms with Crippen molar-refractivity contribution >= 4 is 0 Å². The van der Waals surface area contributed by atoms with E-state index in [4.69, 9.17) is 5.73 Å². The lowest BCUT2D eigenvalue weighted by Gasteiger charge is -2.22. The molecule has 1 heterocycles. The van der Waals surface area contributed by atoms with E-state index in [-0.39, 0.29) is 0 Å². The SMILES string of the molecule is NCCCNCCCN1CCCC/C=C\CCCCCCCC1. The molecule has 0 saturated heterocycles. The average molecular weight is 324 g/mol. The van der Waals surface area contributed by atoms with Gasteiger partial charge in [0.15, 0.2) is 0 Å². The minimum Gasteiger partial charge on any atom is -0.330 e. The van der Waals surface area contributed by atoms with Gasteiger partial charge in [0.25, 0.3) is 0 Å². The number of nitrogens with zero attached hydrogens (tertiary/aromatic N) is 1. The van der Waals surface area contributed by atoms with E-state index in [0.29, 0.717) is 0 Å². The Morgan fingerprint density at radius 2 is 1.30 bits per heavy atom. The Morgan fingerprint density at radius 1 is 0.739 bits per heavy atom. The van der Waals surface area contributed by atoms with Crippen molar-refractivity contribution in [2.75, 3.05) is 39.3 Å². The standard InChI is InChI=1S/C20H41N3/c21-15-13-16-22-17-14-20-23-18-11-9-7-5-3-1-2-4-6-8-10-12-19-23/h3,5,22H,1-2,4,6-21H2/b5-3-. The number of hydrogen-bond donors (Lipinski definition) is 2. The molecule has 0 aromatic heterocycles. The number of allylic oxidation sites excluding steroid dienone is 2. The van der Waals surface area contributed by atoms with Crippen LogP contribution < -0.4 is 11.1 Å². The maximum absolute atomic E-state index is 5.52. The van der Waals surface area contributed by atoms with Gasteiger partial charge >= 0.3 is 0 Å². The summed E-state index contributed by atoms with van der Waals surface area (Å²) in [5.74, 6) is 0. The Morgan fingerprint density at radius 3 is 2.04 bits per heavy atom. The third kappa shape index (κ3) is 13.7. The molecular weight excluding hydrogens is 282 g/mol. The van der Waals surface area contributed by atoms with Gasteiger partial charge in [-0.15, -0.1) is 0 Å². The molecule has 1 rings (SSSR count). The Kier molecular flexibility index (Phi) is 14.8. The molecule has 1 aliphatic heterocycles. The first kappa shape index (κ1) is 20.7. The highest BCUT2D eigenvalue weighted by molar-refractivity contribution is 4.81. The van der Waals surface area contributed by atoms with Crippen molar-refractivity contribution in [3.63, 3.8) is 0 Å². The summed E-state index contributed by atoms with van der Waals surface area (Å²) in [4.78, 5) is 2.70. The number of nitrogens with two attached hydrogens (primary N) is 1. The molecule has 3 nitrogen and oxygen atoms in total. The minimum atomic E-state index is 0.799. The second-order valence-corrected chi connectivity index (χ2v) is 6.96. The van der Waals surface area contributed by atoms with Crippen LogP contribution in [0.5, 0.6) is 0 Å². The van der Waals surface area contributed by atoms with Gasteiger partial charge in [0, 0.05) is 0 Å². The van der Waals surface area contributed by atoms with Crippen LogP contribution in [0.25, 0.3) is 0 Å². The maximum Gasteiger partial charge on any atom is -0.000664 e. The van der Waals surface area contributed by atoms with E-state index in [1.165, 1.54) is 90.3 Å². The van der Waals surface area contributed by atoms with Gasteiger partial charge in [-0.25, -0.2) is 0 Å². The van der Waals surface area contributed by atoms with Crippen LogP contribution in [-0.2, 0) is 0 Å². The lowest BCUT2D eigenvalue weighted by molar-refractivity contribution is 0.257. The molecule has 23 heavy (non-hydrogen) atoms. The van der Waals surface area contributed by atoms with Gasteiger partial charge in [-0.1, -0.05) is 37.8 Å². The maximum atomic E-state index is 5.52. The lowest BCUT2D eigenvalue weighted by atomic mass is 10.1. The summed E-state index contributed by atoms with van der Waals surface area (Å²) in [7, 11) is 0. The first-order chi connectivity index (χ1) is 11.4. The van der Waals surface area contributed by atoms with Crippen molar-refractivity contribution in [2.45, 2.75) is 77.0 Å². The van der Waals surface area contributed by atoms with Gasteiger partial charge in [0.2, 0.25) is 0 Å². The second kappa shape index (κ2) is 16.5. The van der Waals surface area contributed by atoms with Crippen LogP contribution in [0, 0.1) is 0 Å². The normalized spacial score (nSPS) is 21.4. The molecule has 0 radical (unpaired) electrons. The number of rotatable bonds is 7. The fraction of sp³-hybridized carbons (Fsp3) is 0.900. The van der Waals surface area contributed by atoms with Gasteiger partial charge in [-0.05, 0) is 90.6 Å². The zero-order valence-electron chi connectivity index (χ0n) is 15.4. The highest BCUT2D eigenvalue weighted by Crippen LogP contribution is 2.10. The first-order valence-corrected chi connectivity index (χ1v) is 10.2. The summed E-state index contributed by atoms with van der Waals surface area (Å²) in [5.41, 5.74) is 5.52. The van der Waals surface area contributed by atoms with E-state index in [2.05, 4.69) is 22.4 Å². The van der Waals surface area contributed by atoms with E-state index < -0.39 is 0 Å². The van der Waals surface area contributed by atoms with Crippen LogP contribution in [0.1, 0.15) is 77.0 Å². The van der Waals surface area contributed by atoms with E-state index >= 15 is 0 Å². The summed E-state index contributed by atoms with van der Waals surface area (Å²) >= 11 is 0. The fourth-order valence-corrected chi connectivity index (χ4v) is 3.25. The molecule has 0 aromatic rings. The molecule has 0 spiro atoms. The molecule has 0 bridgehead atoms. The predicted molar refractivity (Wildman–Crippen MR) is 103 cm³/mol. The average Bonchev–Trinajstić information content (AvgIpc) is 2.57. The third-order valence-electron chi connectivity index (χ3n) is 4.74. The summed E-state index contributed by atoms with van der Waals surface area (Å²) in [5, 5.41) is 3.50. The Labute approximate surface area is 145 Å². The topological polar surface area (TPSA) is 41.3 Å². The number of hydrogen-bond acceptors (Lipinski definition) is 3. The fourth-order valence-electron chi connectivity index (χ4n) is 3.25. The molecule has 0 fully saturated rings. The second-order valence-electron chi connectivity index (χ2n) is 6.96. The Hall–Kier alpha value is -0.380. The minimum absolute atomic E-state index is 0.799. The largest absolute Gasteiger partial charge is 0.330 e. The van der Waals surface area contributed by atoms with Gasteiger partial charge in [0.1, 0.15) is 0 Å². The Balaban J connectivity index is 2.18. The van der Waals surface area contributed by atoms with Crippen molar-refractivity contribution in [3.8, 4) is 0 Å². The van der Waals surface area contributed by atoms with Crippen molar-refractivity contribution in [1.29, 1.82) is 0 Å². The molecule has 136 valence electrons. The van der Waals surface area contributed by atoms with Gasteiger partial charge in [-0.3, -0.25) is 0 Å². The molecule has 1 aliphatic rings. The van der Waals surface area contributed by atoms with Crippen molar-refractivity contribution in [2.24, 2.45) is 5.73 Å². The molecule has 0 aromatic carbocycles. The molecule has 0 amide bonds. The summed E-state index contributed by atoms with van der Waals surface area (Å²) in [6.45, 7) is 6.86. The quantitative estimate of drug-likeness (QED) is 0.548. The molecule has 3 heteroatoms. The molecule has 0 aliphatic carbocycles. The van der Waals surface area contributed by atoms with Gasteiger partial charge in [0.05, 0.1) is 0 Å². The third-order valence-corrected chi connectivity index (χ3v) is 4.74. The predicted octanol–water partition coefficient (Wildman–Crippen LogP) is 4.09. The van der Waals surface area contributed by atoms with Gasteiger partial charge < -0.3 is 16.0 Å².